The largest absolute Gasteiger partial charge is 0.417 e. The molecule has 2 fully saturated rings. The van der Waals surface area contributed by atoms with Crippen molar-refractivity contribution >= 4 is 17.5 Å². The molecule has 2 aliphatic rings. The van der Waals surface area contributed by atoms with Gasteiger partial charge in [-0.2, -0.15) is 13.2 Å². The highest BCUT2D eigenvalue weighted by Crippen LogP contribution is 2.34. The molecule has 2 aliphatic heterocycles. The van der Waals surface area contributed by atoms with Gasteiger partial charge in [-0.15, -0.1) is 0 Å². The van der Waals surface area contributed by atoms with Crippen LogP contribution in [0.3, 0.4) is 0 Å². The molecule has 1 aromatic carbocycles. The highest BCUT2D eigenvalue weighted by atomic mass is 35.5. The van der Waals surface area contributed by atoms with Gasteiger partial charge in [0.05, 0.1) is 30.4 Å². The predicted octanol–water partition coefficient (Wildman–Crippen LogP) is 2.52. The molecule has 126 valence electrons. The van der Waals surface area contributed by atoms with Gasteiger partial charge in [0.1, 0.15) is 0 Å². The maximum absolute atomic E-state index is 13.2. The Morgan fingerprint density at radius 1 is 1.26 bits per heavy atom. The molecule has 1 atom stereocenters. The first-order valence-corrected chi connectivity index (χ1v) is 7.72. The van der Waals surface area contributed by atoms with Crippen molar-refractivity contribution in [1.29, 1.82) is 0 Å². The van der Waals surface area contributed by atoms with Crippen LogP contribution in [0.2, 0.25) is 5.02 Å². The summed E-state index contributed by atoms with van der Waals surface area (Å²) in [5.41, 5.74) is -1.34. The van der Waals surface area contributed by atoms with Crippen LogP contribution in [-0.4, -0.2) is 61.1 Å². The summed E-state index contributed by atoms with van der Waals surface area (Å²) in [6.07, 6.45) is -4.62. The Morgan fingerprint density at radius 3 is 2.78 bits per heavy atom. The first-order valence-electron chi connectivity index (χ1n) is 7.34. The number of carbonyl (C=O) groups excluding carboxylic acids is 1. The van der Waals surface area contributed by atoms with Gasteiger partial charge >= 0.3 is 6.18 Å². The molecule has 0 aliphatic carbocycles. The average Bonchev–Trinajstić information content (AvgIpc) is 2.53. The molecule has 4 nitrogen and oxygen atoms in total. The highest BCUT2D eigenvalue weighted by molar-refractivity contribution is 6.30. The van der Waals surface area contributed by atoms with E-state index in [1.54, 1.807) is 0 Å². The lowest BCUT2D eigenvalue weighted by Crippen LogP contribution is -2.59. The van der Waals surface area contributed by atoms with Crippen LogP contribution >= 0.6 is 11.6 Å². The number of halogens is 4. The second kappa shape index (κ2) is 6.30. The summed E-state index contributed by atoms with van der Waals surface area (Å²) in [7, 11) is 0. The molecule has 0 spiro atoms. The van der Waals surface area contributed by atoms with Gasteiger partial charge in [0.15, 0.2) is 0 Å². The minimum atomic E-state index is -4.62. The van der Waals surface area contributed by atoms with Gasteiger partial charge in [-0.3, -0.25) is 9.69 Å². The lowest BCUT2D eigenvalue weighted by Gasteiger charge is -2.43. The van der Waals surface area contributed by atoms with E-state index >= 15 is 0 Å². The Kier molecular flexibility index (Phi) is 4.53. The van der Waals surface area contributed by atoms with Crippen molar-refractivity contribution in [1.82, 2.24) is 9.80 Å². The molecule has 2 saturated heterocycles. The Balaban J connectivity index is 1.83. The first-order chi connectivity index (χ1) is 10.9. The minimum absolute atomic E-state index is 0.0422. The number of amides is 1. The number of fused-ring (bicyclic) bond motifs is 1. The fourth-order valence-corrected chi connectivity index (χ4v) is 3.21. The van der Waals surface area contributed by atoms with E-state index in [2.05, 4.69) is 4.90 Å². The SMILES string of the molecule is O=C(c1ccc(Cl)cc1C(F)(F)F)N1CCN2CCOCC2C1. The Labute approximate surface area is 136 Å². The number of benzene rings is 1. The Bertz CT molecular complexity index is 609. The van der Waals surface area contributed by atoms with E-state index in [1.165, 1.54) is 11.0 Å². The fourth-order valence-electron chi connectivity index (χ4n) is 3.04. The van der Waals surface area contributed by atoms with Crippen LogP contribution < -0.4 is 0 Å². The monoisotopic (exact) mass is 348 g/mol. The zero-order chi connectivity index (χ0) is 16.6. The molecule has 0 saturated carbocycles. The lowest BCUT2D eigenvalue weighted by atomic mass is 10.0. The van der Waals surface area contributed by atoms with E-state index in [9.17, 15) is 18.0 Å². The number of hydrogen-bond acceptors (Lipinski definition) is 3. The third-order valence-electron chi connectivity index (χ3n) is 4.24. The normalized spacial score (nSPS) is 22.8. The lowest BCUT2D eigenvalue weighted by molar-refractivity contribution is -0.138. The standard InChI is InChI=1S/C15H16ClF3N2O2/c16-10-1-2-12(13(7-10)15(17,18)19)14(22)21-4-3-20-5-6-23-9-11(20)8-21/h1-2,7,11H,3-6,8-9H2. The fraction of sp³-hybridized carbons (Fsp3) is 0.533. The van der Waals surface area contributed by atoms with E-state index in [-0.39, 0.29) is 16.6 Å². The number of carbonyl (C=O) groups is 1. The van der Waals surface area contributed by atoms with Gasteiger partial charge in [-0.1, -0.05) is 11.6 Å². The van der Waals surface area contributed by atoms with Crippen LogP contribution in [0.25, 0.3) is 0 Å². The zero-order valence-electron chi connectivity index (χ0n) is 12.3. The molecule has 8 heteroatoms. The van der Waals surface area contributed by atoms with Gasteiger partial charge in [0, 0.05) is 31.2 Å². The zero-order valence-corrected chi connectivity index (χ0v) is 13.0. The van der Waals surface area contributed by atoms with Gasteiger partial charge in [-0.05, 0) is 18.2 Å². The van der Waals surface area contributed by atoms with Crippen LogP contribution in [0.4, 0.5) is 13.2 Å². The number of alkyl halides is 3. The summed E-state index contributed by atoms with van der Waals surface area (Å²) in [4.78, 5) is 16.3. The molecule has 0 radical (unpaired) electrons. The maximum Gasteiger partial charge on any atom is 0.417 e. The van der Waals surface area contributed by atoms with Crippen LogP contribution in [-0.2, 0) is 10.9 Å². The van der Waals surface area contributed by atoms with Crippen molar-refractivity contribution < 1.29 is 22.7 Å². The van der Waals surface area contributed by atoms with Crippen molar-refractivity contribution in [3.05, 3.63) is 34.3 Å². The highest BCUT2D eigenvalue weighted by Gasteiger charge is 2.38. The summed E-state index contributed by atoms with van der Waals surface area (Å²) in [6, 6.07) is 3.30. The van der Waals surface area contributed by atoms with E-state index in [4.69, 9.17) is 16.3 Å². The molecule has 0 bridgehead atoms. The average molecular weight is 349 g/mol. The number of rotatable bonds is 1. The summed E-state index contributed by atoms with van der Waals surface area (Å²) in [6.45, 7) is 3.38. The van der Waals surface area contributed by atoms with Gasteiger partial charge in [0.25, 0.3) is 5.91 Å². The maximum atomic E-state index is 13.2. The van der Waals surface area contributed by atoms with E-state index in [0.717, 1.165) is 18.7 Å². The Hall–Kier alpha value is -1.31. The van der Waals surface area contributed by atoms with Crippen LogP contribution in [0.1, 0.15) is 15.9 Å². The molecule has 1 aromatic rings. The second-order valence-corrected chi connectivity index (χ2v) is 6.14. The van der Waals surface area contributed by atoms with Crippen LogP contribution in [0, 0.1) is 0 Å². The van der Waals surface area contributed by atoms with E-state index in [0.29, 0.717) is 32.8 Å². The van der Waals surface area contributed by atoms with Gasteiger partial charge < -0.3 is 9.64 Å². The number of hydrogen-bond donors (Lipinski definition) is 0. The van der Waals surface area contributed by atoms with Crippen LogP contribution in [0.5, 0.6) is 0 Å². The molecule has 0 N–H and O–H groups in total. The number of ether oxygens (including phenoxy) is 1. The van der Waals surface area contributed by atoms with Crippen molar-refractivity contribution in [2.45, 2.75) is 12.2 Å². The van der Waals surface area contributed by atoms with Crippen molar-refractivity contribution in [3.8, 4) is 0 Å². The molecule has 3 rings (SSSR count). The summed E-state index contributed by atoms with van der Waals surface area (Å²) >= 11 is 5.66. The number of morpholine rings is 1. The molecule has 1 amide bonds. The van der Waals surface area contributed by atoms with Crippen molar-refractivity contribution in [3.63, 3.8) is 0 Å². The summed E-state index contributed by atoms with van der Waals surface area (Å²) in [5, 5.41) is -0.0422. The Morgan fingerprint density at radius 2 is 2.04 bits per heavy atom. The second-order valence-electron chi connectivity index (χ2n) is 5.70. The first kappa shape index (κ1) is 16.5. The van der Waals surface area contributed by atoms with Crippen molar-refractivity contribution in [2.24, 2.45) is 0 Å². The van der Waals surface area contributed by atoms with E-state index < -0.39 is 17.6 Å². The molecular weight excluding hydrogens is 333 g/mol. The molecular formula is C15H16ClF3N2O2. The third kappa shape index (κ3) is 3.46. The van der Waals surface area contributed by atoms with Crippen molar-refractivity contribution in [2.75, 3.05) is 39.4 Å². The number of nitrogens with zero attached hydrogens (tertiary/aromatic N) is 2. The summed E-state index contributed by atoms with van der Waals surface area (Å²) in [5.74, 6) is -0.612. The van der Waals surface area contributed by atoms with Gasteiger partial charge in [0.2, 0.25) is 0 Å². The molecule has 2 heterocycles. The third-order valence-corrected chi connectivity index (χ3v) is 4.48. The molecule has 23 heavy (non-hydrogen) atoms. The van der Waals surface area contributed by atoms with Crippen LogP contribution in [0.15, 0.2) is 18.2 Å². The minimum Gasteiger partial charge on any atom is -0.378 e. The smallest absolute Gasteiger partial charge is 0.378 e. The molecule has 1 unspecified atom stereocenters. The van der Waals surface area contributed by atoms with Gasteiger partial charge in [-0.25, -0.2) is 0 Å². The van der Waals surface area contributed by atoms with E-state index in [1.807, 2.05) is 0 Å². The number of piperazine rings is 1. The topological polar surface area (TPSA) is 32.8 Å². The predicted molar refractivity (Wildman–Crippen MR) is 78.5 cm³/mol. The summed E-state index contributed by atoms with van der Waals surface area (Å²) < 4.78 is 44.9. The molecule has 0 aromatic heterocycles. The quantitative estimate of drug-likeness (QED) is 0.782.